The number of amides is 2. The molecule has 3 aromatic rings. The van der Waals surface area contributed by atoms with Gasteiger partial charge in [0.1, 0.15) is 0 Å². The van der Waals surface area contributed by atoms with Crippen molar-refractivity contribution >= 4 is 17.5 Å². The molecule has 3 N–H and O–H groups in total. The first kappa shape index (κ1) is 19.3. The third-order valence-corrected chi connectivity index (χ3v) is 4.75. The molecule has 5 heteroatoms. The quantitative estimate of drug-likeness (QED) is 0.463. The Kier molecular flexibility index (Phi) is 5.87. The van der Waals surface area contributed by atoms with Crippen molar-refractivity contribution in [1.82, 2.24) is 5.48 Å². The lowest BCUT2D eigenvalue weighted by molar-refractivity contribution is -0.129. The summed E-state index contributed by atoms with van der Waals surface area (Å²) in [7, 11) is 0. The minimum atomic E-state index is -0.690. The predicted octanol–water partition coefficient (Wildman–Crippen LogP) is 4.19. The number of anilines is 1. The van der Waals surface area contributed by atoms with Crippen molar-refractivity contribution in [3.8, 4) is 0 Å². The van der Waals surface area contributed by atoms with Gasteiger partial charge in [0, 0.05) is 11.3 Å². The Morgan fingerprint density at radius 1 is 0.821 bits per heavy atom. The Bertz CT molecular complexity index is 1000. The lowest BCUT2D eigenvalue weighted by Crippen LogP contribution is -2.27. The summed E-state index contributed by atoms with van der Waals surface area (Å²) in [5.74, 6) is -1.45. The van der Waals surface area contributed by atoms with Crippen molar-refractivity contribution in [3.63, 3.8) is 0 Å². The van der Waals surface area contributed by atoms with Crippen LogP contribution in [0.5, 0.6) is 0 Å². The number of hydrogen-bond acceptors (Lipinski definition) is 3. The average molecular weight is 374 g/mol. The van der Waals surface area contributed by atoms with E-state index in [4.69, 9.17) is 0 Å². The zero-order valence-electron chi connectivity index (χ0n) is 15.8. The Morgan fingerprint density at radius 2 is 1.54 bits per heavy atom. The smallest absolute Gasteiger partial charge is 0.255 e. The molecule has 0 spiro atoms. The molecule has 0 heterocycles. The molecule has 0 aliphatic heterocycles. The summed E-state index contributed by atoms with van der Waals surface area (Å²) in [6, 6.07) is 21.8. The second-order valence-electron chi connectivity index (χ2n) is 6.70. The van der Waals surface area contributed by atoms with E-state index in [-0.39, 0.29) is 5.91 Å². The summed E-state index contributed by atoms with van der Waals surface area (Å²) in [6.45, 7) is 3.96. The van der Waals surface area contributed by atoms with Crippen molar-refractivity contribution in [2.24, 2.45) is 0 Å². The van der Waals surface area contributed by atoms with Crippen molar-refractivity contribution in [1.29, 1.82) is 0 Å². The number of hydroxylamine groups is 1. The van der Waals surface area contributed by atoms with Gasteiger partial charge in [0.25, 0.3) is 11.8 Å². The number of carbonyl (C=O) groups is 2. The lowest BCUT2D eigenvalue weighted by atomic mass is 9.90. The first-order chi connectivity index (χ1) is 13.5. The zero-order chi connectivity index (χ0) is 20.1. The van der Waals surface area contributed by atoms with Crippen LogP contribution in [0.3, 0.4) is 0 Å². The van der Waals surface area contributed by atoms with E-state index in [1.807, 2.05) is 56.3 Å². The minimum Gasteiger partial charge on any atom is -0.322 e. The van der Waals surface area contributed by atoms with Gasteiger partial charge in [-0.3, -0.25) is 14.8 Å². The third kappa shape index (κ3) is 4.27. The van der Waals surface area contributed by atoms with Crippen LogP contribution in [0.2, 0.25) is 0 Å². The van der Waals surface area contributed by atoms with Crippen LogP contribution in [-0.4, -0.2) is 17.0 Å². The predicted molar refractivity (Wildman–Crippen MR) is 109 cm³/mol. The number of benzene rings is 3. The fourth-order valence-corrected chi connectivity index (χ4v) is 3.09. The molecule has 0 saturated carbocycles. The number of nitrogens with one attached hydrogen (secondary N) is 2. The molecular formula is C23H22N2O3. The topological polar surface area (TPSA) is 78.4 Å². The molecule has 2 amide bonds. The lowest BCUT2D eigenvalue weighted by Gasteiger charge is -2.17. The highest BCUT2D eigenvalue weighted by atomic mass is 16.5. The standard InChI is InChI=1S/C23H22N2O3/c1-15-11-12-19(13-16(15)2)22(26)24-20-10-6-9-18(14-20)21(23(27)25-28)17-7-4-3-5-8-17/h3-14,21,28H,1-2H3,(H,24,26)(H,25,27). The molecule has 142 valence electrons. The van der Waals surface area contributed by atoms with E-state index in [1.165, 1.54) is 0 Å². The molecule has 5 nitrogen and oxygen atoms in total. The maximum atomic E-state index is 12.6. The minimum absolute atomic E-state index is 0.219. The highest BCUT2D eigenvalue weighted by Crippen LogP contribution is 2.27. The van der Waals surface area contributed by atoms with Gasteiger partial charge in [-0.05, 0) is 60.4 Å². The molecule has 0 saturated heterocycles. The second-order valence-corrected chi connectivity index (χ2v) is 6.70. The van der Waals surface area contributed by atoms with Crippen LogP contribution < -0.4 is 10.8 Å². The SMILES string of the molecule is Cc1ccc(C(=O)Nc2cccc(C(C(=O)NO)c3ccccc3)c2)cc1C. The summed E-state index contributed by atoms with van der Waals surface area (Å²) in [5, 5.41) is 12.0. The van der Waals surface area contributed by atoms with E-state index in [1.54, 1.807) is 35.8 Å². The molecule has 1 unspecified atom stereocenters. The average Bonchev–Trinajstić information content (AvgIpc) is 2.71. The fourth-order valence-electron chi connectivity index (χ4n) is 3.09. The van der Waals surface area contributed by atoms with Gasteiger partial charge in [0.05, 0.1) is 5.92 Å². The van der Waals surface area contributed by atoms with Gasteiger partial charge in [0.2, 0.25) is 0 Å². The van der Waals surface area contributed by atoms with Crippen LogP contribution >= 0.6 is 0 Å². The summed E-state index contributed by atoms with van der Waals surface area (Å²) in [5.41, 5.74) is 6.46. The van der Waals surface area contributed by atoms with Crippen LogP contribution in [0.15, 0.2) is 72.8 Å². The van der Waals surface area contributed by atoms with Gasteiger partial charge >= 0.3 is 0 Å². The molecule has 0 aromatic heterocycles. The van der Waals surface area contributed by atoms with E-state index in [9.17, 15) is 14.8 Å². The van der Waals surface area contributed by atoms with Gasteiger partial charge < -0.3 is 5.32 Å². The second kappa shape index (κ2) is 8.50. The fraction of sp³-hybridized carbons (Fsp3) is 0.130. The number of hydrogen-bond donors (Lipinski definition) is 3. The molecule has 0 radical (unpaired) electrons. The maximum absolute atomic E-state index is 12.6. The van der Waals surface area contributed by atoms with E-state index in [2.05, 4.69) is 5.32 Å². The van der Waals surface area contributed by atoms with Crippen LogP contribution in [0.25, 0.3) is 0 Å². The largest absolute Gasteiger partial charge is 0.322 e. The van der Waals surface area contributed by atoms with Crippen LogP contribution in [-0.2, 0) is 4.79 Å². The van der Waals surface area contributed by atoms with Crippen molar-refractivity contribution in [2.45, 2.75) is 19.8 Å². The molecule has 0 bridgehead atoms. The van der Waals surface area contributed by atoms with Crippen LogP contribution in [0.1, 0.15) is 38.5 Å². The first-order valence-electron chi connectivity index (χ1n) is 8.97. The molecule has 1 atom stereocenters. The molecule has 3 rings (SSSR count). The Morgan fingerprint density at radius 3 is 2.21 bits per heavy atom. The highest BCUT2D eigenvalue weighted by Gasteiger charge is 2.22. The third-order valence-electron chi connectivity index (χ3n) is 4.75. The maximum Gasteiger partial charge on any atom is 0.255 e. The molecule has 3 aromatic carbocycles. The van der Waals surface area contributed by atoms with Crippen molar-refractivity contribution < 1.29 is 14.8 Å². The van der Waals surface area contributed by atoms with Gasteiger partial charge in [-0.25, -0.2) is 5.48 Å². The monoisotopic (exact) mass is 374 g/mol. The number of aryl methyl sites for hydroxylation is 2. The summed E-state index contributed by atoms with van der Waals surface area (Å²) in [6.07, 6.45) is 0. The Labute approximate surface area is 164 Å². The summed E-state index contributed by atoms with van der Waals surface area (Å²) >= 11 is 0. The highest BCUT2D eigenvalue weighted by molar-refractivity contribution is 6.04. The van der Waals surface area contributed by atoms with Crippen LogP contribution in [0.4, 0.5) is 5.69 Å². The zero-order valence-corrected chi connectivity index (χ0v) is 15.8. The molecule has 0 aliphatic rings. The first-order valence-corrected chi connectivity index (χ1v) is 8.97. The van der Waals surface area contributed by atoms with Crippen molar-refractivity contribution in [2.75, 3.05) is 5.32 Å². The van der Waals surface area contributed by atoms with Crippen molar-refractivity contribution in [3.05, 3.63) is 101 Å². The van der Waals surface area contributed by atoms with E-state index < -0.39 is 11.8 Å². The van der Waals surface area contributed by atoms with E-state index >= 15 is 0 Å². The van der Waals surface area contributed by atoms with E-state index in [0.717, 1.165) is 16.7 Å². The number of rotatable bonds is 5. The van der Waals surface area contributed by atoms with Gasteiger partial charge in [-0.2, -0.15) is 0 Å². The van der Waals surface area contributed by atoms with Gasteiger partial charge in [-0.1, -0.05) is 48.5 Å². The molecule has 0 fully saturated rings. The molecule has 28 heavy (non-hydrogen) atoms. The Hall–Kier alpha value is -3.44. The summed E-state index contributed by atoms with van der Waals surface area (Å²) in [4.78, 5) is 24.9. The normalized spacial score (nSPS) is 11.5. The molecule has 0 aliphatic carbocycles. The number of carbonyl (C=O) groups excluding carboxylic acids is 2. The van der Waals surface area contributed by atoms with E-state index in [0.29, 0.717) is 16.8 Å². The van der Waals surface area contributed by atoms with Crippen LogP contribution in [0, 0.1) is 13.8 Å². The molecular weight excluding hydrogens is 352 g/mol. The summed E-state index contributed by atoms with van der Waals surface area (Å²) < 4.78 is 0. The Balaban J connectivity index is 1.89. The van der Waals surface area contributed by atoms with Gasteiger partial charge in [0.15, 0.2) is 0 Å². The van der Waals surface area contributed by atoms with Gasteiger partial charge in [-0.15, -0.1) is 0 Å².